The lowest BCUT2D eigenvalue weighted by Gasteiger charge is -2.33. The molecule has 0 spiro atoms. The molecule has 3 aromatic heterocycles. The summed E-state index contributed by atoms with van der Waals surface area (Å²) >= 11 is 0. The van der Waals surface area contributed by atoms with E-state index in [2.05, 4.69) is 52.2 Å². The number of nitrogens with one attached hydrogen (secondary N) is 1. The average Bonchev–Trinajstić information content (AvgIpc) is 3.39. The standard InChI is InChI=1S/C24H29N5O2S/c1-17(2)16-32(30,31)29-9-7-20-21(18-4-5-22-19(14-18)6-8-25-22)15-23(26-24(20)29)28-12-10-27(3)11-13-28/h4-9,14-15,17,25H,10-13,16H2,1-3H3. The van der Waals surface area contributed by atoms with Gasteiger partial charge in [-0.25, -0.2) is 17.4 Å². The third kappa shape index (κ3) is 3.78. The number of hydrogen-bond acceptors (Lipinski definition) is 5. The predicted molar refractivity (Wildman–Crippen MR) is 131 cm³/mol. The Kier molecular flexibility index (Phi) is 5.22. The van der Waals surface area contributed by atoms with E-state index in [9.17, 15) is 8.42 Å². The van der Waals surface area contributed by atoms with Crippen molar-refractivity contribution in [3.8, 4) is 11.1 Å². The Morgan fingerprint density at radius 3 is 2.59 bits per heavy atom. The van der Waals surface area contributed by atoms with Crippen LogP contribution in [0.4, 0.5) is 5.82 Å². The number of likely N-dealkylation sites (N-methyl/N-ethyl adjacent to an activating group) is 1. The van der Waals surface area contributed by atoms with Crippen LogP contribution < -0.4 is 4.90 Å². The van der Waals surface area contributed by atoms with Crippen molar-refractivity contribution in [2.24, 2.45) is 5.92 Å². The number of H-pyrrole nitrogens is 1. The van der Waals surface area contributed by atoms with Gasteiger partial charge in [0.25, 0.3) is 0 Å². The Morgan fingerprint density at radius 2 is 1.84 bits per heavy atom. The molecular weight excluding hydrogens is 422 g/mol. The first-order valence-electron chi connectivity index (χ1n) is 11.1. The van der Waals surface area contributed by atoms with Crippen LogP contribution in [0.25, 0.3) is 33.1 Å². The zero-order valence-electron chi connectivity index (χ0n) is 18.7. The van der Waals surface area contributed by atoms with Crippen molar-refractivity contribution in [2.75, 3.05) is 43.9 Å². The van der Waals surface area contributed by atoms with Crippen molar-refractivity contribution in [1.29, 1.82) is 0 Å². The SMILES string of the molecule is CC(C)CS(=O)(=O)n1ccc2c(-c3ccc4[nH]ccc4c3)cc(N3CCN(C)CC3)nc21. The lowest BCUT2D eigenvalue weighted by Crippen LogP contribution is -2.44. The van der Waals surface area contributed by atoms with Gasteiger partial charge in [-0.3, -0.25) is 0 Å². The van der Waals surface area contributed by atoms with Crippen molar-refractivity contribution in [3.05, 3.63) is 48.8 Å². The van der Waals surface area contributed by atoms with Gasteiger partial charge < -0.3 is 14.8 Å². The predicted octanol–water partition coefficient (Wildman–Crippen LogP) is 3.77. The summed E-state index contributed by atoms with van der Waals surface area (Å²) < 4.78 is 27.6. The summed E-state index contributed by atoms with van der Waals surface area (Å²) in [7, 11) is -1.38. The lowest BCUT2D eigenvalue weighted by molar-refractivity contribution is 0.312. The highest BCUT2D eigenvalue weighted by atomic mass is 32.2. The summed E-state index contributed by atoms with van der Waals surface area (Å²) in [6, 6.07) is 12.3. The van der Waals surface area contributed by atoms with Gasteiger partial charge in [0.15, 0.2) is 5.65 Å². The highest BCUT2D eigenvalue weighted by molar-refractivity contribution is 7.90. The molecular formula is C24H29N5O2S. The first kappa shape index (κ1) is 21.0. The molecule has 1 fully saturated rings. The second kappa shape index (κ2) is 7.94. The summed E-state index contributed by atoms with van der Waals surface area (Å²) in [4.78, 5) is 12.7. The summed E-state index contributed by atoms with van der Waals surface area (Å²) in [5.74, 6) is 0.949. The molecule has 8 heteroatoms. The van der Waals surface area contributed by atoms with Crippen LogP contribution in [-0.2, 0) is 10.0 Å². The highest BCUT2D eigenvalue weighted by Gasteiger charge is 2.23. The topological polar surface area (TPSA) is 74.2 Å². The highest BCUT2D eigenvalue weighted by Crippen LogP contribution is 2.34. The van der Waals surface area contributed by atoms with E-state index in [1.807, 2.05) is 26.1 Å². The number of pyridine rings is 1. The van der Waals surface area contributed by atoms with Gasteiger partial charge in [0.2, 0.25) is 10.0 Å². The molecule has 0 unspecified atom stereocenters. The van der Waals surface area contributed by atoms with E-state index < -0.39 is 10.0 Å². The molecule has 1 N–H and O–H groups in total. The smallest absolute Gasteiger partial charge is 0.240 e. The summed E-state index contributed by atoms with van der Waals surface area (Å²) in [5.41, 5.74) is 3.64. The van der Waals surface area contributed by atoms with E-state index in [1.54, 1.807) is 6.20 Å². The van der Waals surface area contributed by atoms with Crippen molar-refractivity contribution in [2.45, 2.75) is 13.8 Å². The van der Waals surface area contributed by atoms with Gasteiger partial charge in [-0.2, -0.15) is 0 Å². The van der Waals surface area contributed by atoms with Crippen LogP contribution in [0, 0.1) is 5.92 Å². The second-order valence-electron chi connectivity index (χ2n) is 9.12. The zero-order chi connectivity index (χ0) is 22.5. The molecule has 0 atom stereocenters. The zero-order valence-corrected chi connectivity index (χ0v) is 19.6. The number of nitrogens with zero attached hydrogens (tertiary/aromatic N) is 4. The normalized spacial score (nSPS) is 15.9. The monoisotopic (exact) mass is 451 g/mol. The largest absolute Gasteiger partial charge is 0.361 e. The molecule has 1 aliphatic heterocycles. The number of benzene rings is 1. The van der Waals surface area contributed by atoms with Gasteiger partial charge in [-0.15, -0.1) is 0 Å². The number of hydrogen-bond donors (Lipinski definition) is 1. The maximum Gasteiger partial charge on any atom is 0.240 e. The molecule has 0 amide bonds. The van der Waals surface area contributed by atoms with Crippen molar-refractivity contribution >= 4 is 37.8 Å². The Balaban J connectivity index is 1.71. The van der Waals surface area contributed by atoms with Crippen LogP contribution in [0.3, 0.4) is 0 Å². The molecule has 168 valence electrons. The number of anilines is 1. The number of aromatic amines is 1. The minimum absolute atomic E-state index is 0.0359. The van der Waals surface area contributed by atoms with E-state index in [1.165, 1.54) is 3.97 Å². The van der Waals surface area contributed by atoms with Gasteiger partial charge in [0.1, 0.15) is 5.82 Å². The maximum absolute atomic E-state index is 13.1. The van der Waals surface area contributed by atoms with Crippen LogP contribution in [0.15, 0.2) is 48.8 Å². The Labute approximate surface area is 188 Å². The van der Waals surface area contributed by atoms with Gasteiger partial charge in [-0.05, 0) is 59.8 Å². The molecule has 0 bridgehead atoms. The van der Waals surface area contributed by atoms with Crippen molar-refractivity contribution < 1.29 is 8.42 Å². The lowest BCUT2D eigenvalue weighted by atomic mass is 10.0. The molecule has 7 nitrogen and oxygen atoms in total. The summed E-state index contributed by atoms with van der Waals surface area (Å²) in [5, 5.41) is 1.98. The molecule has 32 heavy (non-hydrogen) atoms. The average molecular weight is 452 g/mol. The first-order valence-corrected chi connectivity index (χ1v) is 12.7. The fraction of sp³-hybridized carbons (Fsp3) is 0.375. The van der Waals surface area contributed by atoms with E-state index >= 15 is 0 Å². The molecule has 1 aliphatic rings. The van der Waals surface area contributed by atoms with Crippen molar-refractivity contribution in [3.63, 3.8) is 0 Å². The minimum Gasteiger partial charge on any atom is -0.361 e. The van der Waals surface area contributed by atoms with Gasteiger partial charge in [0, 0.05) is 49.5 Å². The number of fused-ring (bicyclic) bond motifs is 2. The maximum atomic E-state index is 13.1. The number of rotatable bonds is 5. The molecule has 0 aliphatic carbocycles. The van der Waals surface area contributed by atoms with Gasteiger partial charge in [0.05, 0.1) is 5.75 Å². The second-order valence-corrected chi connectivity index (χ2v) is 11.0. The number of aromatic nitrogens is 3. The molecule has 1 saturated heterocycles. The van der Waals surface area contributed by atoms with E-state index in [0.29, 0.717) is 5.65 Å². The first-order chi connectivity index (χ1) is 15.3. The van der Waals surface area contributed by atoms with Gasteiger partial charge >= 0.3 is 0 Å². The summed E-state index contributed by atoms with van der Waals surface area (Å²) in [6.45, 7) is 7.48. The third-order valence-corrected chi connectivity index (χ3v) is 8.13. The fourth-order valence-corrected chi connectivity index (χ4v) is 6.11. The van der Waals surface area contributed by atoms with E-state index in [0.717, 1.165) is 59.4 Å². The molecule has 5 rings (SSSR count). The van der Waals surface area contributed by atoms with Crippen LogP contribution in [0.1, 0.15) is 13.8 Å². The fourth-order valence-electron chi connectivity index (χ4n) is 4.46. The van der Waals surface area contributed by atoms with E-state index in [-0.39, 0.29) is 11.7 Å². The van der Waals surface area contributed by atoms with Crippen molar-refractivity contribution in [1.82, 2.24) is 18.8 Å². The Hall–Kier alpha value is -2.84. The number of piperazine rings is 1. The third-order valence-electron chi connectivity index (χ3n) is 6.15. The molecule has 1 aromatic carbocycles. The summed E-state index contributed by atoms with van der Waals surface area (Å²) in [6.07, 6.45) is 3.59. The Morgan fingerprint density at radius 1 is 1.06 bits per heavy atom. The van der Waals surface area contributed by atoms with Crippen LogP contribution in [0.5, 0.6) is 0 Å². The molecule has 4 aromatic rings. The minimum atomic E-state index is -3.50. The molecule has 0 radical (unpaired) electrons. The van der Waals surface area contributed by atoms with Crippen LogP contribution >= 0.6 is 0 Å². The van der Waals surface area contributed by atoms with Gasteiger partial charge in [-0.1, -0.05) is 19.9 Å². The molecule has 4 heterocycles. The van der Waals surface area contributed by atoms with E-state index in [4.69, 9.17) is 4.98 Å². The van der Waals surface area contributed by atoms with Crippen LogP contribution in [0.2, 0.25) is 0 Å². The Bertz CT molecular complexity index is 1380. The quantitative estimate of drug-likeness (QED) is 0.500. The molecule has 0 saturated carbocycles. The van der Waals surface area contributed by atoms with Crippen LogP contribution in [-0.4, -0.2) is 66.2 Å².